The molecule has 1 aliphatic heterocycles. The molecular weight excluding hydrogens is 250 g/mol. The van der Waals surface area contributed by atoms with Gasteiger partial charge in [-0.15, -0.1) is 0 Å². The third-order valence-electron chi connectivity index (χ3n) is 4.15. The Labute approximate surface area is 123 Å². The van der Waals surface area contributed by atoms with Crippen molar-refractivity contribution in [1.29, 1.82) is 0 Å². The molecule has 0 aliphatic carbocycles. The average molecular weight is 281 g/mol. The van der Waals surface area contributed by atoms with Crippen LogP contribution in [0.5, 0.6) is 0 Å². The second-order valence-corrected chi connectivity index (χ2v) is 6.03. The molecule has 1 atom stereocenters. The van der Waals surface area contributed by atoms with Crippen LogP contribution in [0.3, 0.4) is 0 Å². The molecule has 0 saturated carbocycles. The average Bonchev–Trinajstić information content (AvgIpc) is 2.43. The largest absolute Gasteiger partial charge is 0.481 e. The first-order valence-electron chi connectivity index (χ1n) is 8.53. The second kappa shape index (κ2) is 11.9. The summed E-state index contributed by atoms with van der Waals surface area (Å²) in [5.74, 6) is -1.09. The van der Waals surface area contributed by atoms with Gasteiger partial charge in [-0.1, -0.05) is 70.6 Å². The van der Waals surface area contributed by atoms with Gasteiger partial charge in [0.05, 0.1) is 5.92 Å². The number of carboxylic acids is 1. The first-order chi connectivity index (χ1) is 9.80. The standard InChI is InChI=1S/C17H31NO2/c19-17(20)16-13-11-9-7-5-3-1-2-4-6-8-10-12-14-18-15-16/h15-16H,1-14H2,(H,19,20). The molecule has 0 radical (unpaired) electrons. The fraction of sp³-hybridized carbons (Fsp3) is 0.882. The van der Waals surface area contributed by atoms with Gasteiger partial charge in [0.15, 0.2) is 0 Å². The van der Waals surface area contributed by atoms with E-state index in [1.807, 2.05) is 0 Å². The SMILES string of the molecule is O=C(O)C1C=NCCCCCCCCCCCCCC1. The van der Waals surface area contributed by atoms with Gasteiger partial charge < -0.3 is 5.11 Å². The first-order valence-corrected chi connectivity index (χ1v) is 8.53. The highest BCUT2D eigenvalue weighted by atomic mass is 16.4. The first kappa shape index (κ1) is 17.2. The Kier molecular flexibility index (Phi) is 10.3. The van der Waals surface area contributed by atoms with Crippen LogP contribution in [0.4, 0.5) is 0 Å². The number of rotatable bonds is 1. The number of carbonyl (C=O) groups is 1. The summed E-state index contributed by atoms with van der Waals surface area (Å²) in [6.07, 6.45) is 17.7. The Morgan fingerprint density at radius 1 is 0.800 bits per heavy atom. The minimum Gasteiger partial charge on any atom is -0.481 e. The smallest absolute Gasteiger partial charge is 0.311 e. The lowest BCUT2D eigenvalue weighted by atomic mass is 10.0. The summed E-state index contributed by atoms with van der Waals surface area (Å²) >= 11 is 0. The molecule has 1 unspecified atom stereocenters. The molecule has 1 heterocycles. The van der Waals surface area contributed by atoms with Gasteiger partial charge in [0.25, 0.3) is 0 Å². The van der Waals surface area contributed by atoms with Crippen molar-refractivity contribution in [3.63, 3.8) is 0 Å². The summed E-state index contributed by atoms with van der Waals surface area (Å²) in [4.78, 5) is 15.5. The molecule has 20 heavy (non-hydrogen) atoms. The quantitative estimate of drug-likeness (QED) is 0.747. The zero-order chi connectivity index (χ0) is 14.5. The van der Waals surface area contributed by atoms with Gasteiger partial charge in [0.1, 0.15) is 0 Å². The topological polar surface area (TPSA) is 49.7 Å². The summed E-state index contributed by atoms with van der Waals surface area (Å²) < 4.78 is 0. The Hall–Kier alpha value is -0.860. The van der Waals surface area contributed by atoms with Gasteiger partial charge in [-0.05, 0) is 12.8 Å². The summed E-state index contributed by atoms with van der Waals surface area (Å²) in [5.41, 5.74) is 0. The van der Waals surface area contributed by atoms with Gasteiger partial charge in [0.2, 0.25) is 0 Å². The van der Waals surface area contributed by atoms with E-state index < -0.39 is 5.97 Å². The molecule has 0 amide bonds. The van der Waals surface area contributed by atoms with E-state index in [1.54, 1.807) is 6.21 Å². The minimum absolute atomic E-state index is 0.370. The van der Waals surface area contributed by atoms with Crippen molar-refractivity contribution in [1.82, 2.24) is 0 Å². The minimum atomic E-state index is -0.716. The van der Waals surface area contributed by atoms with Gasteiger partial charge >= 0.3 is 5.97 Å². The maximum absolute atomic E-state index is 11.1. The Balaban J connectivity index is 2.32. The van der Waals surface area contributed by atoms with Crippen LogP contribution in [0, 0.1) is 5.92 Å². The lowest BCUT2D eigenvalue weighted by Gasteiger charge is -2.06. The number of carboxylic acid groups (broad SMARTS) is 1. The molecule has 116 valence electrons. The van der Waals surface area contributed by atoms with Crippen LogP contribution < -0.4 is 0 Å². The molecule has 1 rings (SSSR count). The third kappa shape index (κ3) is 9.11. The van der Waals surface area contributed by atoms with Crippen molar-refractivity contribution < 1.29 is 9.90 Å². The van der Waals surface area contributed by atoms with Crippen molar-refractivity contribution in [2.45, 2.75) is 83.5 Å². The van der Waals surface area contributed by atoms with E-state index >= 15 is 0 Å². The summed E-state index contributed by atoms with van der Waals surface area (Å²) in [5, 5.41) is 9.17. The summed E-state index contributed by atoms with van der Waals surface area (Å²) in [6.45, 7) is 0.795. The summed E-state index contributed by atoms with van der Waals surface area (Å²) in [7, 11) is 0. The number of hydrogen-bond acceptors (Lipinski definition) is 2. The zero-order valence-electron chi connectivity index (χ0n) is 12.9. The van der Waals surface area contributed by atoms with Crippen LogP contribution in [0.15, 0.2) is 4.99 Å². The van der Waals surface area contributed by atoms with E-state index in [0.29, 0.717) is 0 Å². The lowest BCUT2D eigenvalue weighted by molar-refractivity contribution is -0.139. The number of aliphatic imine (C=N–C) groups is 1. The Morgan fingerprint density at radius 2 is 1.25 bits per heavy atom. The van der Waals surface area contributed by atoms with Crippen LogP contribution in [-0.2, 0) is 4.79 Å². The highest BCUT2D eigenvalue weighted by Gasteiger charge is 2.13. The van der Waals surface area contributed by atoms with Crippen LogP contribution in [-0.4, -0.2) is 23.8 Å². The van der Waals surface area contributed by atoms with Gasteiger partial charge in [-0.3, -0.25) is 9.79 Å². The maximum atomic E-state index is 11.1. The van der Waals surface area contributed by atoms with Crippen molar-refractivity contribution in [3.8, 4) is 0 Å². The van der Waals surface area contributed by atoms with Crippen LogP contribution >= 0.6 is 0 Å². The maximum Gasteiger partial charge on any atom is 0.311 e. The predicted octanol–water partition coefficient (Wildman–Crippen LogP) is 4.84. The molecular formula is C17H31NO2. The molecule has 0 aromatic rings. The molecule has 0 fully saturated rings. The zero-order valence-corrected chi connectivity index (χ0v) is 12.9. The number of hydrogen-bond donors (Lipinski definition) is 1. The van der Waals surface area contributed by atoms with E-state index in [2.05, 4.69) is 4.99 Å². The molecule has 0 aromatic carbocycles. The highest BCUT2D eigenvalue weighted by molar-refractivity contribution is 5.88. The van der Waals surface area contributed by atoms with Gasteiger partial charge in [-0.2, -0.15) is 0 Å². The van der Waals surface area contributed by atoms with Crippen molar-refractivity contribution >= 4 is 12.2 Å². The molecule has 0 aromatic heterocycles. The number of nitrogens with zero attached hydrogens (tertiary/aromatic N) is 1. The van der Waals surface area contributed by atoms with E-state index in [0.717, 1.165) is 32.2 Å². The van der Waals surface area contributed by atoms with Crippen molar-refractivity contribution in [2.75, 3.05) is 6.54 Å². The Bertz CT molecular complexity index is 276. The van der Waals surface area contributed by atoms with Crippen molar-refractivity contribution in [2.24, 2.45) is 10.9 Å². The molecule has 3 heteroatoms. The van der Waals surface area contributed by atoms with Gasteiger partial charge in [-0.25, -0.2) is 0 Å². The molecule has 0 spiro atoms. The van der Waals surface area contributed by atoms with Crippen LogP contribution in [0.25, 0.3) is 0 Å². The fourth-order valence-electron chi connectivity index (χ4n) is 2.80. The van der Waals surface area contributed by atoms with E-state index in [9.17, 15) is 9.90 Å². The Morgan fingerprint density at radius 3 is 1.75 bits per heavy atom. The van der Waals surface area contributed by atoms with E-state index in [4.69, 9.17) is 0 Å². The third-order valence-corrected chi connectivity index (χ3v) is 4.15. The molecule has 1 N–H and O–H groups in total. The van der Waals surface area contributed by atoms with Crippen LogP contribution in [0.2, 0.25) is 0 Å². The fourth-order valence-corrected chi connectivity index (χ4v) is 2.80. The lowest BCUT2D eigenvalue weighted by Crippen LogP contribution is -2.15. The van der Waals surface area contributed by atoms with E-state index in [1.165, 1.54) is 57.8 Å². The molecule has 3 nitrogen and oxygen atoms in total. The van der Waals surface area contributed by atoms with E-state index in [-0.39, 0.29) is 5.92 Å². The van der Waals surface area contributed by atoms with Gasteiger partial charge in [0, 0.05) is 12.8 Å². The molecule has 1 aliphatic rings. The molecule has 0 saturated heterocycles. The normalized spacial score (nSPS) is 24.9. The highest BCUT2D eigenvalue weighted by Crippen LogP contribution is 2.15. The number of aliphatic carboxylic acids is 1. The monoisotopic (exact) mass is 281 g/mol. The van der Waals surface area contributed by atoms with Crippen molar-refractivity contribution in [3.05, 3.63) is 0 Å². The predicted molar refractivity (Wildman–Crippen MR) is 84.5 cm³/mol. The summed E-state index contributed by atoms with van der Waals surface area (Å²) in [6, 6.07) is 0. The van der Waals surface area contributed by atoms with Crippen LogP contribution in [0.1, 0.15) is 83.5 Å². The second-order valence-electron chi connectivity index (χ2n) is 6.03. The molecule has 0 bridgehead atoms.